The topological polar surface area (TPSA) is 46.9 Å². The van der Waals surface area contributed by atoms with Gasteiger partial charge in [0.25, 0.3) is 5.91 Å². The number of nitrogens with zero attached hydrogens (tertiary/aromatic N) is 2. The lowest BCUT2D eigenvalue weighted by Gasteiger charge is -2.09. The van der Waals surface area contributed by atoms with E-state index >= 15 is 0 Å². The van der Waals surface area contributed by atoms with E-state index < -0.39 is 17.5 Å². The van der Waals surface area contributed by atoms with Gasteiger partial charge in [-0.05, 0) is 37.3 Å². The summed E-state index contributed by atoms with van der Waals surface area (Å²) in [6.07, 6.45) is 0. The highest BCUT2D eigenvalue weighted by molar-refractivity contribution is 7.99. The lowest BCUT2D eigenvalue weighted by Crippen LogP contribution is -2.15. The summed E-state index contributed by atoms with van der Waals surface area (Å²) < 4.78 is 28.4. The minimum Gasteiger partial charge on any atom is -0.319 e. The summed E-state index contributed by atoms with van der Waals surface area (Å²) >= 11 is 7.33. The van der Waals surface area contributed by atoms with Crippen molar-refractivity contribution in [1.82, 2.24) is 9.78 Å². The average Bonchev–Trinajstić information content (AvgIpc) is 2.84. The van der Waals surface area contributed by atoms with Gasteiger partial charge in [-0.15, -0.1) is 0 Å². The van der Waals surface area contributed by atoms with Crippen LogP contribution >= 0.6 is 23.4 Å². The maximum atomic E-state index is 13.8. The second-order valence-corrected chi connectivity index (χ2v) is 7.03. The quantitative estimate of drug-likeness (QED) is 0.673. The first-order valence-electron chi connectivity index (χ1n) is 7.58. The van der Waals surface area contributed by atoms with Crippen molar-refractivity contribution in [1.29, 1.82) is 0 Å². The molecule has 0 unspecified atom stereocenters. The summed E-state index contributed by atoms with van der Waals surface area (Å²) in [5, 5.41) is 7.91. The van der Waals surface area contributed by atoms with E-state index in [1.54, 1.807) is 30.8 Å². The monoisotopic (exact) mass is 393 g/mol. The maximum Gasteiger partial charge on any atom is 0.260 e. The predicted octanol–water partition coefficient (Wildman–Crippen LogP) is 5.06. The molecule has 2 aromatic carbocycles. The fourth-order valence-electron chi connectivity index (χ4n) is 2.43. The van der Waals surface area contributed by atoms with Crippen molar-refractivity contribution in [3.05, 3.63) is 70.4 Å². The van der Waals surface area contributed by atoms with E-state index in [2.05, 4.69) is 10.4 Å². The SMILES string of the molecule is Cc1nn(C)c(Sc2cccc(Cl)c2)c1C(=O)Nc1ccc(F)cc1F. The van der Waals surface area contributed by atoms with Gasteiger partial charge in [0.05, 0.1) is 16.9 Å². The van der Waals surface area contributed by atoms with Crippen LogP contribution in [0.15, 0.2) is 52.4 Å². The van der Waals surface area contributed by atoms with Crippen LogP contribution in [0.4, 0.5) is 14.5 Å². The summed E-state index contributed by atoms with van der Waals surface area (Å²) in [4.78, 5) is 13.5. The molecule has 0 atom stereocenters. The van der Waals surface area contributed by atoms with Crippen LogP contribution in [-0.4, -0.2) is 15.7 Å². The third-order valence-corrected chi connectivity index (χ3v) is 4.97. The van der Waals surface area contributed by atoms with Crippen LogP contribution in [0, 0.1) is 18.6 Å². The van der Waals surface area contributed by atoms with Crippen LogP contribution in [0.5, 0.6) is 0 Å². The average molecular weight is 394 g/mol. The molecule has 1 amide bonds. The normalized spacial score (nSPS) is 10.8. The number of carbonyl (C=O) groups is 1. The van der Waals surface area contributed by atoms with Crippen LogP contribution in [0.25, 0.3) is 0 Å². The van der Waals surface area contributed by atoms with Crippen LogP contribution < -0.4 is 5.32 Å². The Labute approximate surface area is 158 Å². The third-order valence-electron chi connectivity index (χ3n) is 3.59. The smallest absolute Gasteiger partial charge is 0.260 e. The van der Waals surface area contributed by atoms with Gasteiger partial charge in [0.15, 0.2) is 0 Å². The molecule has 0 saturated carbocycles. The van der Waals surface area contributed by atoms with Crippen molar-refractivity contribution in [3.63, 3.8) is 0 Å². The van der Waals surface area contributed by atoms with E-state index in [1.165, 1.54) is 17.8 Å². The molecule has 3 rings (SSSR count). The van der Waals surface area contributed by atoms with Crippen molar-refractivity contribution in [2.75, 3.05) is 5.32 Å². The molecule has 3 aromatic rings. The van der Waals surface area contributed by atoms with Crippen molar-refractivity contribution in [3.8, 4) is 0 Å². The fraction of sp³-hybridized carbons (Fsp3) is 0.111. The zero-order valence-electron chi connectivity index (χ0n) is 13.9. The molecule has 0 spiro atoms. The number of rotatable bonds is 4. The Morgan fingerprint density at radius 2 is 2.00 bits per heavy atom. The molecule has 0 bridgehead atoms. The molecule has 0 saturated heterocycles. The highest BCUT2D eigenvalue weighted by Gasteiger charge is 2.22. The Morgan fingerprint density at radius 1 is 1.23 bits per heavy atom. The van der Waals surface area contributed by atoms with E-state index in [4.69, 9.17) is 11.6 Å². The number of amides is 1. The molecule has 1 heterocycles. The van der Waals surface area contributed by atoms with Gasteiger partial charge in [-0.1, -0.05) is 29.4 Å². The first kappa shape index (κ1) is 18.4. The summed E-state index contributed by atoms with van der Waals surface area (Å²) in [6, 6.07) is 10.2. The Morgan fingerprint density at radius 3 is 2.69 bits per heavy atom. The van der Waals surface area contributed by atoms with Crippen molar-refractivity contribution < 1.29 is 13.6 Å². The molecular formula is C18H14ClF2N3OS. The molecule has 1 aromatic heterocycles. The van der Waals surface area contributed by atoms with E-state index in [-0.39, 0.29) is 5.69 Å². The van der Waals surface area contributed by atoms with E-state index in [0.29, 0.717) is 27.4 Å². The molecule has 0 radical (unpaired) electrons. The molecule has 26 heavy (non-hydrogen) atoms. The van der Waals surface area contributed by atoms with Crippen molar-refractivity contribution >= 4 is 35.0 Å². The third kappa shape index (κ3) is 3.89. The zero-order valence-corrected chi connectivity index (χ0v) is 15.5. The van der Waals surface area contributed by atoms with Gasteiger partial charge >= 0.3 is 0 Å². The summed E-state index contributed by atoms with van der Waals surface area (Å²) in [7, 11) is 1.72. The van der Waals surface area contributed by atoms with Crippen LogP contribution in [0.1, 0.15) is 16.1 Å². The molecule has 4 nitrogen and oxygen atoms in total. The van der Waals surface area contributed by atoms with Gasteiger partial charge in [0, 0.05) is 23.0 Å². The second kappa shape index (κ2) is 7.47. The lowest BCUT2D eigenvalue weighted by atomic mass is 10.2. The number of aromatic nitrogens is 2. The van der Waals surface area contributed by atoms with E-state index in [1.807, 2.05) is 12.1 Å². The second-order valence-electron chi connectivity index (χ2n) is 5.53. The van der Waals surface area contributed by atoms with E-state index in [9.17, 15) is 13.6 Å². The number of nitrogens with one attached hydrogen (secondary N) is 1. The van der Waals surface area contributed by atoms with Crippen molar-refractivity contribution in [2.24, 2.45) is 7.05 Å². The molecule has 134 valence electrons. The number of carbonyl (C=O) groups excluding carboxylic acids is 1. The largest absolute Gasteiger partial charge is 0.319 e. The van der Waals surface area contributed by atoms with Crippen LogP contribution in [-0.2, 0) is 7.05 Å². The van der Waals surface area contributed by atoms with Gasteiger partial charge in [0.1, 0.15) is 16.7 Å². The Balaban J connectivity index is 1.93. The first-order chi connectivity index (χ1) is 12.3. The number of hydrogen-bond donors (Lipinski definition) is 1. The first-order valence-corrected chi connectivity index (χ1v) is 8.78. The summed E-state index contributed by atoms with van der Waals surface area (Å²) in [6.45, 7) is 1.69. The Bertz CT molecular complexity index is 991. The number of anilines is 1. The van der Waals surface area contributed by atoms with Gasteiger partial charge < -0.3 is 5.32 Å². The number of halogens is 3. The number of hydrogen-bond acceptors (Lipinski definition) is 3. The predicted molar refractivity (Wildman–Crippen MR) is 97.8 cm³/mol. The van der Waals surface area contributed by atoms with E-state index in [0.717, 1.165) is 11.0 Å². The van der Waals surface area contributed by atoms with Crippen LogP contribution in [0.3, 0.4) is 0 Å². The lowest BCUT2D eigenvalue weighted by molar-refractivity contribution is 0.102. The maximum absolute atomic E-state index is 13.8. The van der Waals surface area contributed by atoms with Crippen molar-refractivity contribution in [2.45, 2.75) is 16.8 Å². The molecule has 0 aliphatic carbocycles. The van der Waals surface area contributed by atoms with Gasteiger partial charge in [-0.3, -0.25) is 9.48 Å². The zero-order chi connectivity index (χ0) is 18.8. The highest BCUT2D eigenvalue weighted by Crippen LogP contribution is 2.33. The molecular weight excluding hydrogens is 380 g/mol. The number of aryl methyl sites for hydroxylation is 2. The minimum absolute atomic E-state index is 0.0987. The summed E-state index contributed by atoms with van der Waals surface area (Å²) in [5.41, 5.74) is 0.719. The van der Waals surface area contributed by atoms with Gasteiger partial charge in [-0.2, -0.15) is 5.10 Å². The Kier molecular flexibility index (Phi) is 5.29. The van der Waals surface area contributed by atoms with Gasteiger partial charge in [0.2, 0.25) is 0 Å². The molecule has 8 heteroatoms. The number of benzene rings is 2. The summed E-state index contributed by atoms with van der Waals surface area (Å²) in [5.74, 6) is -2.08. The fourth-order valence-corrected chi connectivity index (χ4v) is 3.76. The minimum atomic E-state index is -0.844. The molecule has 0 aliphatic heterocycles. The van der Waals surface area contributed by atoms with Crippen LogP contribution in [0.2, 0.25) is 5.02 Å². The highest BCUT2D eigenvalue weighted by atomic mass is 35.5. The molecule has 0 aliphatic rings. The molecule has 0 fully saturated rings. The van der Waals surface area contributed by atoms with Gasteiger partial charge in [-0.25, -0.2) is 8.78 Å². The Hall–Kier alpha value is -2.38. The molecule has 1 N–H and O–H groups in total. The standard InChI is InChI=1S/C18H14ClF2N3OS/c1-10-16(17(25)22-15-7-6-12(20)9-14(15)21)18(24(2)23-10)26-13-5-3-4-11(19)8-13/h3-9H,1-2H3,(H,22,25).